The van der Waals surface area contributed by atoms with Gasteiger partial charge in [0, 0.05) is 29.2 Å². The minimum Gasteiger partial charge on any atom is -0.326 e. The van der Waals surface area contributed by atoms with E-state index in [0.29, 0.717) is 12.3 Å². The van der Waals surface area contributed by atoms with Gasteiger partial charge < -0.3 is 5.32 Å². The number of nitrogens with two attached hydrogens (primary N) is 1. The third kappa shape index (κ3) is 6.11. The van der Waals surface area contributed by atoms with E-state index in [0.717, 1.165) is 42.6 Å². The van der Waals surface area contributed by atoms with Gasteiger partial charge in [-0.25, -0.2) is 13.6 Å². The highest BCUT2D eigenvalue weighted by molar-refractivity contribution is 7.89. The molecule has 3 N–H and O–H groups in total. The van der Waals surface area contributed by atoms with Gasteiger partial charge in [0.05, 0.1) is 22.4 Å². The highest BCUT2D eigenvalue weighted by Gasteiger charge is 2.32. The molecule has 0 atom stereocenters. The third-order valence-electron chi connectivity index (χ3n) is 4.59. The van der Waals surface area contributed by atoms with Crippen molar-refractivity contribution < 1.29 is 39.6 Å². The largest absolute Gasteiger partial charge is 0.417 e. The Hall–Kier alpha value is -3.45. The Kier molecular flexibility index (Phi) is 6.71. The quantitative estimate of drug-likeness (QED) is 0.497. The maximum atomic E-state index is 13.0. The van der Waals surface area contributed by atoms with Crippen LogP contribution in [-0.2, 0) is 33.6 Å². The minimum absolute atomic E-state index is 0.0374. The lowest BCUT2D eigenvalue weighted by molar-refractivity contribution is -0.138. The van der Waals surface area contributed by atoms with Crippen LogP contribution in [0.4, 0.5) is 32.0 Å². The molecule has 0 spiro atoms. The standard InChI is InChI=1S/C21H15F6N3O3S/c22-20(23,24)14-3-1-12(2-4-14)7-19(31)30-16-5-6-17(18(9-16)34(28,32)33)13-8-15(11-29-10-13)21(25,26)27/h1-6,8-11H,7H2,(H,30,31)(H2,28,32,33). The van der Waals surface area contributed by atoms with E-state index in [2.05, 4.69) is 10.3 Å². The van der Waals surface area contributed by atoms with E-state index in [1.807, 2.05) is 0 Å². The van der Waals surface area contributed by atoms with E-state index in [1.54, 1.807) is 0 Å². The number of halogens is 6. The molecule has 6 nitrogen and oxygen atoms in total. The van der Waals surface area contributed by atoms with Crippen molar-refractivity contribution in [3.05, 3.63) is 77.6 Å². The van der Waals surface area contributed by atoms with E-state index in [-0.39, 0.29) is 28.8 Å². The van der Waals surface area contributed by atoms with E-state index in [4.69, 9.17) is 5.14 Å². The fourth-order valence-corrected chi connectivity index (χ4v) is 3.80. The van der Waals surface area contributed by atoms with Crippen LogP contribution in [0.5, 0.6) is 0 Å². The number of nitrogens with one attached hydrogen (secondary N) is 1. The second-order valence-electron chi connectivity index (χ2n) is 7.14. The van der Waals surface area contributed by atoms with Gasteiger partial charge in [-0.15, -0.1) is 0 Å². The summed E-state index contributed by atoms with van der Waals surface area (Å²) in [4.78, 5) is 15.2. The third-order valence-corrected chi connectivity index (χ3v) is 5.55. The summed E-state index contributed by atoms with van der Waals surface area (Å²) in [5.41, 5.74) is -2.08. The second kappa shape index (κ2) is 9.06. The number of hydrogen-bond acceptors (Lipinski definition) is 4. The first-order valence-electron chi connectivity index (χ1n) is 9.30. The average Bonchev–Trinajstić information content (AvgIpc) is 2.72. The molecular weight excluding hydrogens is 488 g/mol. The van der Waals surface area contributed by atoms with Crippen molar-refractivity contribution in [3.63, 3.8) is 0 Å². The van der Waals surface area contributed by atoms with Crippen LogP contribution in [0.15, 0.2) is 65.8 Å². The van der Waals surface area contributed by atoms with Crippen LogP contribution in [-0.4, -0.2) is 19.3 Å². The minimum atomic E-state index is -4.71. The number of primary sulfonamides is 1. The number of anilines is 1. The van der Waals surface area contributed by atoms with Crippen LogP contribution < -0.4 is 10.5 Å². The molecule has 0 fully saturated rings. The highest BCUT2D eigenvalue weighted by atomic mass is 32.2. The number of sulfonamides is 1. The molecule has 1 amide bonds. The summed E-state index contributed by atoms with van der Waals surface area (Å²) in [6.07, 6.45) is -7.95. The number of benzene rings is 2. The lowest BCUT2D eigenvalue weighted by atomic mass is 10.0. The lowest BCUT2D eigenvalue weighted by Gasteiger charge is -2.13. The molecule has 2 aromatic carbocycles. The fourth-order valence-electron chi connectivity index (χ4n) is 3.02. The van der Waals surface area contributed by atoms with Crippen LogP contribution in [0.25, 0.3) is 11.1 Å². The molecule has 180 valence electrons. The van der Waals surface area contributed by atoms with Gasteiger partial charge >= 0.3 is 12.4 Å². The van der Waals surface area contributed by atoms with E-state index < -0.39 is 44.3 Å². The fraction of sp³-hybridized carbons (Fsp3) is 0.143. The molecular formula is C21H15F6N3O3S. The lowest BCUT2D eigenvalue weighted by Crippen LogP contribution is -2.17. The van der Waals surface area contributed by atoms with Crippen molar-refractivity contribution in [1.82, 2.24) is 4.98 Å². The Morgan fingerprint density at radius 2 is 1.50 bits per heavy atom. The maximum Gasteiger partial charge on any atom is 0.417 e. The molecule has 1 aromatic heterocycles. The number of carbonyl (C=O) groups is 1. The molecule has 3 aromatic rings. The van der Waals surface area contributed by atoms with Gasteiger partial charge in [0.1, 0.15) is 0 Å². The van der Waals surface area contributed by atoms with E-state index >= 15 is 0 Å². The predicted molar refractivity (Wildman–Crippen MR) is 110 cm³/mol. The molecule has 1 heterocycles. The highest BCUT2D eigenvalue weighted by Crippen LogP contribution is 2.34. The second-order valence-corrected chi connectivity index (χ2v) is 8.67. The summed E-state index contributed by atoms with van der Waals surface area (Å²) in [6, 6.07) is 7.97. The Morgan fingerprint density at radius 3 is 2.06 bits per heavy atom. The molecule has 3 rings (SSSR count). The Morgan fingerprint density at radius 1 is 0.882 bits per heavy atom. The topological polar surface area (TPSA) is 102 Å². The molecule has 0 saturated heterocycles. The first-order chi connectivity index (χ1) is 15.6. The zero-order valence-electron chi connectivity index (χ0n) is 16.9. The van der Waals surface area contributed by atoms with E-state index in [1.165, 1.54) is 6.07 Å². The zero-order chi connectivity index (χ0) is 25.3. The smallest absolute Gasteiger partial charge is 0.326 e. The Balaban J connectivity index is 1.86. The number of pyridine rings is 1. The zero-order valence-corrected chi connectivity index (χ0v) is 17.7. The van der Waals surface area contributed by atoms with Crippen LogP contribution in [0.1, 0.15) is 16.7 Å². The summed E-state index contributed by atoms with van der Waals surface area (Å²) < 4.78 is 101. The van der Waals surface area contributed by atoms with Gasteiger partial charge in [-0.2, -0.15) is 26.3 Å². The van der Waals surface area contributed by atoms with Crippen molar-refractivity contribution >= 4 is 21.6 Å². The molecule has 0 radical (unpaired) electrons. The van der Waals surface area contributed by atoms with Gasteiger partial charge in [0.25, 0.3) is 0 Å². The van der Waals surface area contributed by atoms with Crippen molar-refractivity contribution in [3.8, 4) is 11.1 Å². The Labute approximate surface area is 189 Å². The number of aromatic nitrogens is 1. The van der Waals surface area contributed by atoms with Gasteiger partial charge in [-0.05, 0) is 35.9 Å². The molecule has 0 aliphatic carbocycles. The Bertz CT molecular complexity index is 1320. The maximum absolute atomic E-state index is 13.0. The molecule has 34 heavy (non-hydrogen) atoms. The summed E-state index contributed by atoms with van der Waals surface area (Å²) in [7, 11) is -4.43. The first-order valence-corrected chi connectivity index (χ1v) is 10.8. The molecule has 0 saturated carbocycles. The van der Waals surface area contributed by atoms with Crippen molar-refractivity contribution in [1.29, 1.82) is 0 Å². The van der Waals surface area contributed by atoms with Crippen molar-refractivity contribution in [2.24, 2.45) is 5.14 Å². The number of carbonyl (C=O) groups excluding carboxylic acids is 1. The van der Waals surface area contributed by atoms with Crippen LogP contribution in [0.2, 0.25) is 0 Å². The van der Waals surface area contributed by atoms with E-state index in [9.17, 15) is 39.6 Å². The monoisotopic (exact) mass is 503 g/mol. The molecule has 0 aliphatic rings. The van der Waals surface area contributed by atoms with Crippen molar-refractivity contribution in [2.75, 3.05) is 5.32 Å². The van der Waals surface area contributed by atoms with Crippen LogP contribution in [0.3, 0.4) is 0 Å². The molecule has 0 bridgehead atoms. The van der Waals surface area contributed by atoms with Crippen molar-refractivity contribution in [2.45, 2.75) is 23.7 Å². The van der Waals surface area contributed by atoms with Gasteiger partial charge in [-0.1, -0.05) is 18.2 Å². The van der Waals surface area contributed by atoms with Gasteiger partial charge in [0.15, 0.2) is 0 Å². The van der Waals surface area contributed by atoms with Crippen LogP contribution >= 0.6 is 0 Å². The first kappa shape index (κ1) is 25.2. The number of alkyl halides is 6. The normalized spacial score (nSPS) is 12.4. The average molecular weight is 503 g/mol. The number of hydrogen-bond donors (Lipinski definition) is 2. The number of amides is 1. The predicted octanol–water partition coefficient (Wildman–Crippen LogP) is 4.61. The molecule has 0 aliphatic heterocycles. The number of rotatable bonds is 5. The summed E-state index contributed by atoms with van der Waals surface area (Å²) in [5, 5.41) is 7.60. The summed E-state index contributed by atoms with van der Waals surface area (Å²) >= 11 is 0. The molecule has 0 unspecified atom stereocenters. The number of nitrogens with zero attached hydrogens (tertiary/aromatic N) is 1. The summed E-state index contributed by atoms with van der Waals surface area (Å²) in [6.45, 7) is 0. The van der Waals surface area contributed by atoms with Gasteiger partial charge in [0.2, 0.25) is 15.9 Å². The molecule has 13 heteroatoms. The SMILES string of the molecule is NS(=O)(=O)c1cc(NC(=O)Cc2ccc(C(F)(F)F)cc2)ccc1-c1cncc(C(F)(F)F)c1. The van der Waals surface area contributed by atoms with Crippen LogP contribution in [0, 0.1) is 0 Å². The summed E-state index contributed by atoms with van der Waals surface area (Å²) in [5.74, 6) is -0.673. The van der Waals surface area contributed by atoms with Gasteiger partial charge in [-0.3, -0.25) is 9.78 Å².